The lowest BCUT2D eigenvalue weighted by molar-refractivity contribution is 0.102. The van der Waals surface area contributed by atoms with Crippen LogP contribution in [0.3, 0.4) is 0 Å². The number of hydrogen-bond acceptors (Lipinski definition) is 4. The van der Waals surface area contributed by atoms with Gasteiger partial charge in [-0.05, 0) is 25.1 Å². The van der Waals surface area contributed by atoms with Gasteiger partial charge in [-0.15, -0.1) is 10.2 Å². The SMILES string of the molecule is Cc1nnc(NC(=O)c2cc(Br)ccc2Cl)s1. The predicted molar refractivity (Wildman–Crippen MR) is 71.8 cm³/mol. The Morgan fingerprint density at radius 2 is 2.24 bits per heavy atom. The van der Waals surface area contributed by atoms with Crippen LogP contribution >= 0.6 is 38.9 Å². The van der Waals surface area contributed by atoms with Crippen molar-refractivity contribution in [1.82, 2.24) is 10.2 Å². The first-order valence-corrected chi connectivity index (χ1v) is 6.61. The highest BCUT2D eigenvalue weighted by atomic mass is 79.9. The van der Waals surface area contributed by atoms with Crippen LogP contribution in [0.4, 0.5) is 5.13 Å². The fourth-order valence-corrected chi connectivity index (χ4v) is 2.33. The molecule has 1 N–H and O–H groups in total. The predicted octanol–water partition coefficient (Wildman–Crippen LogP) is 3.51. The van der Waals surface area contributed by atoms with Gasteiger partial charge in [0.1, 0.15) is 5.01 Å². The molecule has 1 aromatic carbocycles. The average molecular weight is 333 g/mol. The van der Waals surface area contributed by atoms with Crippen LogP contribution in [0, 0.1) is 6.92 Å². The van der Waals surface area contributed by atoms with Gasteiger partial charge >= 0.3 is 0 Å². The fourth-order valence-electron chi connectivity index (χ4n) is 1.18. The van der Waals surface area contributed by atoms with E-state index in [0.717, 1.165) is 9.48 Å². The van der Waals surface area contributed by atoms with Gasteiger partial charge < -0.3 is 0 Å². The smallest absolute Gasteiger partial charge is 0.259 e. The monoisotopic (exact) mass is 331 g/mol. The summed E-state index contributed by atoms with van der Waals surface area (Å²) in [5.41, 5.74) is 0.397. The summed E-state index contributed by atoms with van der Waals surface area (Å²) in [7, 11) is 0. The minimum atomic E-state index is -0.299. The molecule has 0 fully saturated rings. The van der Waals surface area contributed by atoms with Crippen LogP contribution in [0.2, 0.25) is 5.02 Å². The summed E-state index contributed by atoms with van der Waals surface area (Å²) in [4.78, 5) is 11.9. The molecule has 17 heavy (non-hydrogen) atoms. The molecular weight excluding hydrogens is 326 g/mol. The third-order valence-corrected chi connectivity index (χ3v) is 3.50. The van der Waals surface area contributed by atoms with Gasteiger partial charge in [0.25, 0.3) is 5.91 Å². The molecule has 7 heteroatoms. The highest BCUT2D eigenvalue weighted by Gasteiger charge is 2.12. The summed E-state index contributed by atoms with van der Waals surface area (Å²) in [5.74, 6) is -0.299. The zero-order chi connectivity index (χ0) is 12.4. The lowest BCUT2D eigenvalue weighted by Crippen LogP contribution is -2.12. The number of carbonyl (C=O) groups is 1. The number of aryl methyl sites for hydroxylation is 1. The number of hydrogen-bond donors (Lipinski definition) is 1. The number of nitrogens with zero attached hydrogens (tertiary/aromatic N) is 2. The average Bonchev–Trinajstić information content (AvgIpc) is 2.67. The zero-order valence-electron chi connectivity index (χ0n) is 8.70. The molecule has 0 aliphatic carbocycles. The molecule has 1 heterocycles. The standard InChI is InChI=1S/C10H7BrClN3OS/c1-5-14-15-10(17-5)13-9(16)7-4-6(11)2-3-8(7)12/h2-4H,1H3,(H,13,15,16). The van der Waals surface area contributed by atoms with Gasteiger partial charge in [0.05, 0.1) is 10.6 Å². The Balaban J connectivity index is 2.22. The van der Waals surface area contributed by atoms with Crippen molar-refractivity contribution in [3.05, 3.63) is 38.3 Å². The number of aromatic nitrogens is 2. The van der Waals surface area contributed by atoms with Gasteiger partial charge in [0.2, 0.25) is 5.13 Å². The van der Waals surface area contributed by atoms with Crippen molar-refractivity contribution in [3.63, 3.8) is 0 Å². The Labute approximate surface area is 115 Å². The van der Waals surface area contributed by atoms with E-state index in [0.29, 0.717) is 15.7 Å². The second-order valence-corrected chi connectivity index (χ2v) is 5.71. The van der Waals surface area contributed by atoms with Crippen molar-refractivity contribution >= 4 is 49.9 Å². The molecule has 0 radical (unpaired) electrons. The maximum absolute atomic E-state index is 11.9. The van der Waals surface area contributed by atoms with Crippen LogP contribution in [-0.2, 0) is 0 Å². The van der Waals surface area contributed by atoms with Crippen LogP contribution < -0.4 is 5.32 Å². The molecule has 0 aliphatic rings. The summed E-state index contributed by atoms with van der Waals surface area (Å²) in [6.45, 7) is 1.82. The first-order chi connectivity index (χ1) is 8.06. The molecule has 4 nitrogen and oxygen atoms in total. The van der Waals surface area contributed by atoms with Gasteiger partial charge in [-0.2, -0.15) is 0 Å². The maximum atomic E-state index is 11.9. The number of nitrogens with one attached hydrogen (secondary N) is 1. The normalized spacial score (nSPS) is 10.3. The third kappa shape index (κ3) is 3.02. The van der Waals surface area contributed by atoms with Crippen LogP contribution in [-0.4, -0.2) is 16.1 Å². The molecule has 0 saturated carbocycles. The van der Waals surface area contributed by atoms with E-state index >= 15 is 0 Å². The van der Waals surface area contributed by atoms with Crippen molar-refractivity contribution < 1.29 is 4.79 Å². The van der Waals surface area contributed by atoms with E-state index < -0.39 is 0 Å². The molecule has 2 aromatic rings. The first-order valence-electron chi connectivity index (χ1n) is 4.63. The van der Waals surface area contributed by atoms with Crippen molar-refractivity contribution in [3.8, 4) is 0 Å². The van der Waals surface area contributed by atoms with Gasteiger partial charge in [-0.3, -0.25) is 10.1 Å². The number of anilines is 1. The van der Waals surface area contributed by atoms with E-state index in [9.17, 15) is 4.79 Å². The van der Waals surface area contributed by atoms with Gasteiger partial charge in [-0.1, -0.05) is 38.9 Å². The van der Waals surface area contributed by atoms with Crippen LogP contribution in [0.5, 0.6) is 0 Å². The third-order valence-electron chi connectivity index (χ3n) is 1.92. The van der Waals surface area contributed by atoms with Crippen molar-refractivity contribution in [1.29, 1.82) is 0 Å². The van der Waals surface area contributed by atoms with Crippen LogP contribution in [0.15, 0.2) is 22.7 Å². The molecule has 0 unspecified atom stereocenters. The second-order valence-electron chi connectivity index (χ2n) is 3.20. The van der Waals surface area contributed by atoms with E-state index in [1.165, 1.54) is 11.3 Å². The number of amides is 1. The van der Waals surface area contributed by atoms with Crippen molar-refractivity contribution in [2.75, 3.05) is 5.32 Å². The summed E-state index contributed by atoms with van der Waals surface area (Å²) in [5, 5.41) is 11.9. The van der Waals surface area contributed by atoms with Gasteiger partial charge in [0, 0.05) is 4.47 Å². The molecule has 1 aromatic heterocycles. The minimum Gasteiger partial charge on any atom is -0.296 e. The Hall–Kier alpha value is -0.980. The molecule has 0 atom stereocenters. The number of halogens is 2. The van der Waals surface area contributed by atoms with Gasteiger partial charge in [0.15, 0.2) is 0 Å². The second kappa shape index (κ2) is 5.12. The largest absolute Gasteiger partial charge is 0.296 e. The Kier molecular flexibility index (Phi) is 3.76. The Morgan fingerprint density at radius 1 is 1.47 bits per heavy atom. The Morgan fingerprint density at radius 3 is 2.88 bits per heavy atom. The van der Waals surface area contributed by atoms with Gasteiger partial charge in [-0.25, -0.2) is 0 Å². The lowest BCUT2D eigenvalue weighted by Gasteiger charge is -2.03. The molecular formula is C10H7BrClN3OS. The fraction of sp³-hybridized carbons (Fsp3) is 0.100. The van der Waals surface area contributed by atoms with E-state index in [1.54, 1.807) is 18.2 Å². The highest BCUT2D eigenvalue weighted by Crippen LogP contribution is 2.22. The van der Waals surface area contributed by atoms with Crippen molar-refractivity contribution in [2.24, 2.45) is 0 Å². The van der Waals surface area contributed by atoms with Crippen molar-refractivity contribution in [2.45, 2.75) is 6.92 Å². The van der Waals surface area contributed by atoms with E-state index in [1.807, 2.05) is 6.92 Å². The minimum absolute atomic E-state index is 0.299. The number of rotatable bonds is 2. The lowest BCUT2D eigenvalue weighted by atomic mass is 10.2. The summed E-state index contributed by atoms with van der Waals surface area (Å²) >= 11 is 10.6. The maximum Gasteiger partial charge on any atom is 0.259 e. The molecule has 0 spiro atoms. The Bertz CT molecular complexity index is 572. The molecule has 0 bridgehead atoms. The molecule has 88 valence electrons. The summed E-state index contributed by atoms with van der Waals surface area (Å²) in [6.07, 6.45) is 0. The summed E-state index contributed by atoms with van der Waals surface area (Å²) < 4.78 is 0.792. The summed E-state index contributed by atoms with van der Waals surface area (Å²) in [6, 6.07) is 5.09. The van der Waals surface area contributed by atoms with Crippen LogP contribution in [0.1, 0.15) is 15.4 Å². The molecule has 0 saturated heterocycles. The molecule has 0 aliphatic heterocycles. The van der Waals surface area contributed by atoms with E-state index in [2.05, 4.69) is 31.4 Å². The topological polar surface area (TPSA) is 54.9 Å². The first kappa shape index (κ1) is 12.5. The van der Waals surface area contributed by atoms with E-state index in [-0.39, 0.29) is 5.91 Å². The number of carbonyl (C=O) groups excluding carboxylic acids is 1. The zero-order valence-corrected chi connectivity index (χ0v) is 11.9. The molecule has 1 amide bonds. The quantitative estimate of drug-likeness (QED) is 0.915. The highest BCUT2D eigenvalue weighted by molar-refractivity contribution is 9.10. The molecule has 2 rings (SSSR count). The van der Waals surface area contributed by atoms with E-state index in [4.69, 9.17) is 11.6 Å². The van der Waals surface area contributed by atoms with Crippen LogP contribution in [0.25, 0.3) is 0 Å². The number of benzene rings is 1.